The zero-order valence-corrected chi connectivity index (χ0v) is 23.4. The summed E-state index contributed by atoms with van der Waals surface area (Å²) in [6, 6.07) is 12.0. The first-order valence-electron chi connectivity index (χ1n) is 11.6. The van der Waals surface area contributed by atoms with E-state index in [0.717, 1.165) is 0 Å². The Bertz CT molecular complexity index is 1540. The molecule has 1 amide bonds. The molecule has 0 radical (unpaired) electrons. The van der Waals surface area contributed by atoms with E-state index in [9.17, 15) is 21.6 Å². The summed E-state index contributed by atoms with van der Waals surface area (Å²) >= 11 is 12.0. The molecule has 2 aromatic carbocycles. The monoisotopic (exact) mass is 597 g/mol. The van der Waals surface area contributed by atoms with Crippen LogP contribution < -0.4 is 10.0 Å². The molecule has 14 heteroatoms. The molecule has 1 fully saturated rings. The first kappa shape index (κ1) is 28.2. The first-order chi connectivity index (χ1) is 17.9. The Labute approximate surface area is 231 Å². The van der Waals surface area contributed by atoms with Crippen LogP contribution in [0.3, 0.4) is 0 Å². The third-order valence-electron chi connectivity index (χ3n) is 6.02. The highest BCUT2D eigenvalue weighted by Crippen LogP contribution is 2.27. The Morgan fingerprint density at radius 1 is 1.03 bits per heavy atom. The molecule has 2 N–H and O–H groups in total. The fraction of sp³-hybridized carbons (Fsp3) is 0.292. The summed E-state index contributed by atoms with van der Waals surface area (Å²) in [6.45, 7) is 2.13. The summed E-state index contributed by atoms with van der Waals surface area (Å²) in [5, 5.41) is 3.49. The number of carbonyl (C=O) groups excluding carboxylic acids is 1. The number of sulfonamides is 2. The van der Waals surface area contributed by atoms with Gasteiger partial charge >= 0.3 is 0 Å². The zero-order valence-electron chi connectivity index (χ0n) is 20.3. The van der Waals surface area contributed by atoms with Crippen LogP contribution in [0.15, 0.2) is 59.6 Å². The number of nitrogens with zero attached hydrogens (tertiary/aromatic N) is 3. The van der Waals surface area contributed by atoms with Gasteiger partial charge in [0.25, 0.3) is 10.0 Å². The number of nitrogens with one attached hydrogen (secondary N) is 2. The minimum atomic E-state index is -3.91. The third-order valence-corrected chi connectivity index (χ3v) is 9.78. The number of hydrogen-bond donors (Lipinski definition) is 2. The summed E-state index contributed by atoms with van der Waals surface area (Å²) in [5.41, 5.74) is 1.50. The van der Waals surface area contributed by atoms with Crippen molar-refractivity contribution in [3.8, 4) is 0 Å². The second-order valence-corrected chi connectivity index (χ2v) is 13.3. The molecular weight excluding hydrogens is 573 g/mol. The van der Waals surface area contributed by atoms with Crippen molar-refractivity contribution in [2.75, 3.05) is 23.1 Å². The van der Waals surface area contributed by atoms with Gasteiger partial charge < -0.3 is 5.32 Å². The minimum absolute atomic E-state index is 0.0140. The van der Waals surface area contributed by atoms with E-state index in [1.54, 1.807) is 25.1 Å². The molecule has 0 aliphatic carbocycles. The smallest absolute Gasteiger partial charge is 0.264 e. The Morgan fingerprint density at radius 3 is 2.34 bits per heavy atom. The number of benzene rings is 2. The predicted octanol–water partition coefficient (Wildman–Crippen LogP) is 4.07. The van der Waals surface area contributed by atoms with E-state index in [1.807, 2.05) is 0 Å². The van der Waals surface area contributed by atoms with E-state index in [2.05, 4.69) is 20.0 Å². The summed E-state index contributed by atoms with van der Waals surface area (Å²) < 4.78 is 54.7. The van der Waals surface area contributed by atoms with Crippen molar-refractivity contribution >= 4 is 60.8 Å². The average molecular weight is 599 g/mol. The van der Waals surface area contributed by atoms with E-state index in [1.165, 1.54) is 40.8 Å². The predicted molar refractivity (Wildman–Crippen MR) is 146 cm³/mol. The molecule has 1 aromatic heterocycles. The molecule has 2 heterocycles. The number of halogens is 2. The lowest BCUT2D eigenvalue weighted by molar-refractivity contribution is -0.120. The van der Waals surface area contributed by atoms with Crippen LogP contribution in [0.5, 0.6) is 0 Å². The van der Waals surface area contributed by atoms with Crippen molar-refractivity contribution in [2.45, 2.75) is 30.4 Å². The van der Waals surface area contributed by atoms with Gasteiger partial charge in [-0.25, -0.2) is 35.8 Å². The molecule has 0 bridgehead atoms. The van der Waals surface area contributed by atoms with E-state index < -0.39 is 20.0 Å². The second kappa shape index (κ2) is 11.5. The van der Waals surface area contributed by atoms with E-state index in [-0.39, 0.29) is 46.5 Å². The quantitative estimate of drug-likeness (QED) is 0.399. The topological polar surface area (TPSA) is 138 Å². The molecule has 3 aromatic rings. The van der Waals surface area contributed by atoms with Crippen LogP contribution in [0.4, 0.5) is 11.6 Å². The van der Waals surface area contributed by atoms with Crippen molar-refractivity contribution in [3.05, 3.63) is 76.0 Å². The first-order valence-corrected chi connectivity index (χ1v) is 15.4. The maximum Gasteiger partial charge on any atom is 0.264 e. The Kier molecular flexibility index (Phi) is 8.58. The molecule has 202 valence electrons. The molecule has 1 saturated heterocycles. The fourth-order valence-corrected chi connectivity index (χ4v) is 7.06. The van der Waals surface area contributed by atoms with Gasteiger partial charge in [0.15, 0.2) is 0 Å². The Hall–Kier alpha value is -2.77. The van der Waals surface area contributed by atoms with Crippen LogP contribution in [0.2, 0.25) is 10.0 Å². The zero-order chi connectivity index (χ0) is 27.5. The number of amides is 1. The van der Waals surface area contributed by atoms with Gasteiger partial charge in [-0.3, -0.25) is 4.79 Å². The number of aromatic nitrogens is 2. The van der Waals surface area contributed by atoms with Crippen LogP contribution in [0, 0.1) is 12.8 Å². The molecule has 10 nitrogen and oxygen atoms in total. The number of aryl methyl sites for hydroxylation is 1. The molecule has 0 atom stereocenters. The number of hydrogen-bond acceptors (Lipinski definition) is 7. The fourth-order valence-electron chi connectivity index (χ4n) is 3.96. The molecule has 38 heavy (non-hydrogen) atoms. The maximum atomic E-state index is 12.9. The number of piperidine rings is 1. The second-order valence-electron chi connectivity index (χ2n) is 8.81. The summed E-state index contributed by atoms with van der Waals surface area (Å²) in [7, 11) is -7.53. The van der Waals surface area contributed by atoms with Gasteiger partial charge in [0.2, 0.25) is 21.9 Å². The van der Waals surface area contributed by atoms with Crippen LogP contribution in [-0.2, 0) is 30.6 Å². The van der Waals surface area contributed by atoms with Gasteiger partial charge in [0.1, 0.15) is 0 Å². The maximum absolute atomic E-state index is 12.9. The van der Waals surface area contributed by atoms with Crippen LogP contribution >= 0.6 is 23.2 Å². The van der Waals surface area contributed by atoms with Crippen LogP contribution in [0.1, 0.15) is 24.1 Å². The molecule has 1 aliphatic heterocycles. The standard InChI is InChI=1S/C24H25Cl2N5O5S2/c1-16-8-11-27-24(28-16)30-38(35,36)21-6-4-20(5-7-21)29-23(32)17-9-12-31(13-10-17)37(33,34)15-18-2-3-19(25)14-22(18)26/h2-8,11,14,17H,9-10,12-13,15H2,1H3,(H,29,32)(H,27,28,30). The lowest BCUT2D eigenvalue weighted by Gasteiger charge is -2.30. The van der Waals surface area contributed by atoms with Crippen molar-refractivity contribution in [1.82, 2.24) is 14.3 Å². The van der Waals surface area contributed by atoms with Crippen molar-refractivity contribution in [1.29, 1.82) is 0 Å². The average Bonchev–Trinajstić information content (AvgIpc) is 2.86. The normalized spacial score (nSPS) is 15.2. The Morgan fingerprint density at radius 2 is 1.71 bits per heavy atom. The lowest BCUT2D eigenvalue weighted by Crippen LogP contribution is -2.41. The number of rotatable bonds is 8. The number of anilines is 2. The number of carbonyl (C=O) groups is 1. The van der Waals surface area contributed by atoms with Gasteiger partial charge in [-0.1, -0.05) is 29.3 Å². The molecule has 0 saturated carbocycles. The summed E-state index contributed by atoms with van der Waals surface area (Å²) in [6.07, 6.45) is 2.16. The SMILES string of the molecule is Cc1ccnc(NS(=O)(=O)c2ccc(NC(=O)C3CCN(S(=O)(=O)Cc4ccc(Cl)cc4Cl)CC3)cc2)n1. The molecule has 0 unspecified atom stereocenters. The highest BCUT2D eigenvalue weighted by atomic mass is 35.5. The molecule has 0 spiro atoms. The highest BCUT2D eigenvalue weighted by Gasteiger charge is 2.31. The van der Waals surface area contributed by atoms with Crippen LogP contribution in [0.25, 0.3) is 0 Å². The van der Waals surface area contributed by atoms with E-state index in [4.69, 9.17) is 23.2 Å². The summed E-state index contributed by atoms with van der Waals surface area (Å²) in [5.74, 6) is -0.930. The lowest BCUT2D eigenvalue weighted by atomic mass is 9.97. The highest BCUT2D eigenvalue weighted by molar-refractivity contribution is 7.92. The van der Waals surface area contributed by atoms with Gasteiger partial charge in [0, 0.05) is 46.6 Å². The van der Waals surface area contributed by atoms with Gasteiger partial charge in [-0.15, -0.1) is 0 Å². The van der Waals surface area contributed by atoms with E-state index in [0.29, 0.717) is 34.8 Å². The third kappa shape index (κ3) is 7.00. The van der Waals surface area contributed by atoms with Gasteiger partial charge in [-0.05, 0) is 67.8 Å². The minimum Gasteiger partial charge on any atom is -0.326 e. The molecular formula is C24H25Cl2N5O5S2. The van der Waals surface area contributed by atoms with Crippen molar-refractivity contribution < 1.29 is 21.6 Å². The summed E-state index contributed by atoms with van der Waals surface area (Å²) in [4.78, 5) is 20.7. The van der Waals surface area contributed by atoms with Gasteiger partial charge in [0.05, 0.1) is 10.6 Å². The molecule has 1 aliphatic rings. The van der Waals surface area contributed by atoms with Crippen molar-refractivity contribution in [3.63, 3.8) is 0 Å². The van der Waals surface area contributed by atoms with Crippen molar-refractivity contribution in [2.24, 2.45) is 5.92 Å². The Balaban J connectivity index is 1.32. The van der Waals surface area contributed by atoms with Crippen LogP contribution in [-0.4, -0.2) is 50.1 Å². The van der Waals surface area contributed by atoms with Gasteiger partial charge in [-0.2, -0.15) is 0 Å². The van der Waals surface area contributed by atoms with E-state index >= 15 is 0 Å². The largest absolute Gasteiger partial charge is 0.326 e. The molecule has 4 rings (SSSR count).